The van der Waals surface area contributed by atoms with Gasteiger partial charge < -0.3 is 25.1 Å². The molecule has 0 aromatic carbocycles. The largest absolute Gasteiger partial charge is 0.388 e. The molecule has 0 aromatic rings. The van der Waals surface area contributed by atoms with E-state index in [0.29, 0.717) is 19.7 Å². The second-order valence-corrected chi connectivity index (χ2v) is 9.06. The predicted octanol–water partition coefficient (Wildman–Crippen LogP) is 0.841. The molecule has 6 nitrogen and oxygen atoms in total. The Labute approximate surface area is 153 Å². The summed E-state index contributed by atoms with van der Waals surface area (Å²) in [6.07, 6.45) is 2.80. The number of ether oxygens (including phenoxy) is 1. The first kappa shape index (κ1) is 22.8. The molecule has 1 heterocycles. The number of nitrogens with zero attached hydrogens (tertiary/aromatic N) is 1. The van der Waals surface area contributed by atoms with Crippen LogP contribution in [-0.2, 0) is 4.74 Å². The van der Waals surface area contributed by atoms with Crippen molar-refractivity contribution in [1.82, 2.24) is 5.06 Å². The molecule has 3 unspecified atom stereocenters. The minimum atomic E-state index is -0.538. The van der Waals surface area contributed by atoms with E-state index in [1.54, 1.807) is 6.92 Å². The molecule has 0 saturated carbocycles. The Morgan fingerprint density at radius 1 is 1.12 bits per heavy atom. The second kappa shape index (κ2) is 9.62. The zero-order chi connectivity index (χ0) is 19.3. The van der Waals surface area contributed by atoms with Gasteiger partial charge in [0.05, 0.1) is 19.3 Å². The number of hydroxylamine groups is 2. The van der Waals surface area contributed by atoms with Crippen LogP contribution in [0.2, 0.25) is 0 Å². The first-order valence-electron chi connectivity index (χ1n) is 9.78. The number of hydrogen-bond donors (Lipinski definition) is 4. The summed E-state index contributed by atoms with van der Waals surface area (Å²) in [5.74, 6) is 0. The van der Waals surface area contributed by atoms with E-state index in [2.05, 4.69) is 6.92 Å². The number of rotatable bonds is 10. The first-order valence-corrected chi connectivity index (χ1v) is 9.78. The lowest BCUT2D eigenvalue weighted by Gasteiger charge is -2.51. The van der Waals surface area contributed by atoms with Gasteiger partial charge in [-0.15, -0.1) is 0 Å². The molecular formula is C19H41N2O4+. The lowest BCUT2D eigenvalue weighted by Crippen LogP contribution is -3.14. The molecule has 3 atom stereocenters. The van der Waals surface area contributed by atoms with Gasteiger partial charge in [0.15, 0.2) is 0 Å². The SMILES string of the molecule is CCCC[NH+](CC(C)O)CC(O)COC1CC(C)(C)N(O)C(C)(C)C1. The highest BCUT2D eigenvalue weighted by atomic mass is 16.5. The van der Waals surface area contributed by atoms with Crippen molar-refractivity contribution in [3.05, 3.63) is 0 Å². The van der Waals surface area contributed by atoms with E-state index < -0.39 is 6.10 Å². The van der Waals surface area contributed by atoms with Crippen LogP contribution in [0.5, 0.6) is 0 Å². The molecule has 1 saturated heterocycles. The molecule has 0 spiro atoms. The van der Waals surface area contributed by atoms with Gasteiger partial charge in [0.25, 0.3) is 0 Å². The highest BCUT2D eigenvalue weighted by molar-refractivity contribution is 4.96. The molecule has 1 aliphatic heterocycles. The maximum Gasteiger partial charge on any atom is 0.126 e. The van der Waals surface area contributed by atoms with Crippen molar-refractivity contribution in [1.29, 1.82) is 0 Å². The Morgan fingerprint density at radius 3 is 2.16 bits per heavy atom. The smallest absolute Gasteiger partial charge is 0.126 e. The van der Waals surface area contributed by atoms with E-state index in [1.165, 1.54) is 9.96 Å². The zero-order valence-electron chi connectivity index (χ0n) is 17.1. The van der Waals surface area contributed by atoms with Crippen molar-refractivity contribution in [3.8, 4) is 0 Å². The fraction of sp³-hybridized carbons (Fsp3) is 1.00. The molecule has 1 rings (SSSR count). The Hall–Kier alpha value is -0.240. The van der Waals surface area contributed by atoms with E-state index in [9.17, 15) is 15.4 Å². The molecule has 6 heteroatoms. The Balaban J connectivity index is 2.50. The molecule has 25 heavy (non-hydrogen) atoms. The number of piperidine rings is 1. The van der Waals surface area contributed by atoms with Crippen molar-refractivity contribution in [3.63, 3.8) is 0 Å². The molecular weight excluding hydrogens is 320 g/mol. The van der Waals surface area contributed by atoms with Gasteiger partial charge in [-0.2, -0.15) is 5.06 Å². The Kier molecular flexibility index (Phi) is 8.78. The molecule has 1 fully saturated rings. The molecule has 1 aliphatic rings. The van der Waals surface area contributed by atoms with E-state index in [0.717, 1.165) is 32.2 Å². The van der Waals surface area contributed by atoms with Crippen LogP contribution in [-0.4, -0.2) is 76.1 Å². The van der Waals surface area contributed by atoms with E-state index in [1.807, 2.05) is 27.7 Å². The summed E-state index contributed by atoms with van der Waals surface area (Å²) in [4.78, 5) is 1.22. The molecule has 0 radical (unpaired) electrons. The minimum absolute atomic E-state index is 0.0268. The molecule has 4 N–H and O–H groups in total. The number of aliphatic hydroxyl groups is 2. The van der Waals surface area contributed by atoms with Gasteiger partial charge in [-0.1, -0.05) is 13.3 Å². The number of hydrogen-bond acceptors (Lipinski definition) is 5. The lowest BCUT2D eigenvalue weighted by atomic mass is 9.80. The quantitative estimate of drug-likeness (QED) is 0.464. The van der Waals surface area contributed by atoms with Crippen LogP contribution in [0.25, 0.3) is 0 Å². The van der Waals surface area contributed by atoms with Crippen LogP contribution >= 0.6 is 0 Å². The fourth-order valence-corrected chi connectivity index (χ4v) is 4.07. The second-order valence-electron chi connectivity index (χ2n) is 9.06. The third-order valence-electron chi connectivity index (χ3n) is 5.12. The van der Waals surface area contributed by atoms with Gasteiger partial charge in [0.2, 0.25) is 0 Å². The first-order chi connectivity index (χ1) is 11.5. The topological polar surface area (TPSA) is 77.6 Å². The number of nitrogens with one attached hydrogen (secondary N) is 1. The third kappa shape index (κ3) is 7.49. The molecule has 0 aliphatic carbocycles. The average molecular weight is 362 g/mol. The van der Waals surface area contributed by atoms with Crippen molar-refractivity contribution >= 4 is 0 Å². The summed E-state index contributed by atoms with van der Waals surface area (Å²) in [5, 5.41) is 31.8. The van der Waals surface area contributed by atoms with E-state index in [-0.39, 0.29) is 23.3 Å². The summed E-state index contributed by atoms with van der Waals surface area (Å²) in [7, 11) is 0. The highest BCUT2D eigenvalue weighted by Crippen LogP contribution is 2.37. The lowest BCUT2D eigenvalue weighted by molar-refractivity contribution is -0.906. The number of unbranched alkanes of at least 4 members (excludes halogenated alkanes) is 1. The maximum absolute atomic E-state index is 10.4. The fourth-order valence-electron chi connectivity index (χ4n) is 4.07. The maximum atomic E-state index is 10.4. The van der Waals surface area contributed by atoms with Crippen molar-refractivity contribution in [2.24, 2.45) is 0 Å². The van der Waals surface area contributed by atoms with Gasteiger partial charge in [-0.25, -0.2) is 0 Å². The minimum Gasteiger partial charge on any atom is -0.388 e. The van der Waals surface area contributed by atoms with Crippen molar-refractivity contribution in [2.75, 3.05) is 26.2 Å². The van der Waals surface area contributed by atoms with Gasteiger partial charge in [0.1, 0.15) is 25.3 Å². The molecule has 0 bridgehead atoms. The normalized spacial score (nSPS) is 24.8. The number of aliphatic hydroxyl groups excluding tert-OH is 2. The van der Waals surface area contributed by atoms with E-state index in [4.69, 9.17) is 4.74 Å². The van der Waals surface area contributed by atoms with Crippen molar-refractivity contribution in [2.45, 2.75) is 96.6 Å². The predicted molar refractivity (Wildman–Crippen MR) is 98.9 cm³/mol. The van der Waals surface area contributed by atoms with Gasteiger partial charge in [-0.3, -0.25) is 0 Å². The molecule has 0 aromatic heterocycles. The highest BCUT2D eigenvalue weighted by Gasteiger charge is 2.45. The molecule has 0 amide bonds. The van der Waals surface area contributed by atoms with E-state index >= 15 is 0 Å². The van der Waals surface area contributed by atoms with Crippen LogP contribution in [0.15, 0.2) is 0 Å². The Bertz CT molecular complexity index is 370. The molecule has 150 valence electrons. The summed E-state index contributed by atoms with van der Waals surface area (Å²) >= 11 is 0. The van der Waals surface area contributed by atoms with Gasteiger partial charge in [0, 0.05) is 11.1 Å². The standard InChI is InChI=1S/C19H40N2O4/c1-7-8-9-20(12-15(2)22)13-16(23)14-25-17-10-18(3,4)21(24)19(5,6)11-17/h15-17,22-24H,7-14H2,1-6H3/p+1. The van der Waals surface area contributed by atoms with Crippen LogP contribution in [0.3, 0.4) is 0 Å². The third-order valence-corrected chi connectivity index (χ3v) is 5.12. The monoisotopic (exact) mass is 361 g/mol. The van der Waals surface area contributed by atoms with Crippen LogP contribution < -0.4 is 4.90 Å². The zero-order valence-corrected chi connectivity index (χ0v) is 17.1. The van der Waals surface area contributed by atoms with Crippen molar-refractivity contribution < 1.29 is 25.1 Å². The Morgan fingerprint density at radius 2 is 1.68 bits per heavy atom. The van der Waals surface area contributed by atoms with Crippen LogP contribution in [0, 0.1) is 0 Å². The van der Waals surface area contributed by atoms with Crippen LogP contribution in [0.1, 0.15) is 67.2 Å². The summed E-state index contributed by atoms with van der Waals surface area (Å²) in [5.41, 5.74) is -0.690. The van der Waals surface area contributed by atoms with Crippen LogP contribution in [0.4, 0.5) is 0 Å². The van der Waals surface area contributed by atoms with Gasteiger partial charge in [-0.05, 0) is 53.9 Å². The summed E-state index contributed by atoms with van der Waals surface area (Å²) < 4.78 is 6.01. The van der Waals surface area contributed by atoms with Gasteiger partial charge >= 0.3 is 0 Å². The summed E-state index contributed by atoms with van der Waals surface area (Å²) in [6.45, 7) is 14.5. The number of quaternary nitrogens is 1. The average Bonchev–Trinajstić information content (AvgIpc) is 2.47. The summed E-state index contributed by atoms with van der Waals surface area (Å²) in [6, 6.07) is 0.